The standard InChI is InChI=1S/C25H27N5O4/c1-26-24(31)16-3-6-20-19(13-16)22(25(32)29-20)23-18-5-4-17(14-21(18)27-15-28-23)34-10-2-7-30-8-11-33-12-9-30/h3-6,13-15,22H,2,7-12H2,1H3,(H,26,31)(H,29,32). The minimum absolute atomic E-state index is 0.174. The Hall–Kier alpha value is -3.56. The van der Waals surface area contributed by atoms with Crippen LogP contribution in [0.3, 0.4) is 0 Å². The van der Waals surface area contributed by atoms with Gasteiger partial charge in [0.15, 0.2) is 0 Å². The van der Waals surface area contributed by atoms with Crippen LogP contribution in [-0.2, 0) is 9.53 Å². The van der Waals surface area contributed by atoms with E-state index >= 15 is 0 Å². The van der Waals surface area contributed by atoms with Crippen molar-refractivity contribution >= 4 is 28.4 Å². The summed E-state index contributed by atoms with van der Waals surface area (Å²) in [7, 11) is 1.58. The minimum atomic E-state index is -0.620. The number of carbonyl (C=O) groups excluding carboxylic acids is 2. The molecule has 2 N–H and O–H groups in total. The van der Waals surface area contributed by atoms with Crippen LogP contribution in [0.25, 0.3) is 10.9 Å². The van der Waals surface area contributed by atoms with Crippen LogP contribution in [0.2, 0.25) is 0 Å². The first-order valence-corrected chi connectivity index (χ1v) is 11.5. The Morgan fingerprint density at radius 2 is 2.06 bits per heavy atom. The molecule has 0 aliphatic carbocycles. The SMILES string of the molecule is CNC(=O)c1ccc2c(c1)C(c1ncnc3cc(OCCCN4CCOCC4)ccc13)C(=O)N2. The topological polar surface area (TPSA) is 106 Å². The van der Waals surface area contributed by atoms with Crippen LogP contribution in [0.5, 0.6) is 5.75 Å². The Morgan fingerprint density at radius 1 is 1.21 bits per heavy atom. The molecule has 9 heteroatoms. The van der Waals surface area contributed by atoms with Crippen molar-refractivity contribution in [3.05, 3.63) is 59.5 Å². The summed E-state index contributed by atoms with van der Waals surface area (Å²) in [6, 6.07) is 10.9. The Morgan fingerprint density at radius 3 is 2.88 bits per heavy atom. The molecule has 2 aliphatic heterocycles. The maximum atomic E-state index is 12.9. The third-order valence-electron chi connectivity index (χ3n) is 6.28. The molecule has 34 heavy (non-hydrogen) atoms. The van der Waals surface area contributed by atoms with Gasteiger partial charge in [-0.05, 0) is 42.3 Å². The monoisotopic (exact) mass is 461 g/mol. The first-order chi connectivity index (χ1) is 16.6. The normalized spacial score (nSPS) is 17.9. The molecule has 3 heterocycles. The second-order valence-corrected chi connectivity index (χ2v) is 8.40. The lowest BCUT2D eigenvalue weighted by molar-refractivity contribution is -0.116. The summed E-state index contributed by atoms with van der Waals surface area (Å²) in [4.78, 5) is 36.3. The molecule has 0 saturated carbocycles. The predicted octanol–water partition coefficient (Wildman–Crippen LogP) is 2.17. The van der Waals surface area contributed by atoms with Crippen LogP contribution in [-0.4, -0.2) is 73.2 Å². The van der Waals surface area contributed by atoms with Gasteiger partial charge in [-0.1, -0.05) is 0 Å². The van der Waals surface area contributed by atoms with Gasteiger partial charge in [-0.15, -0.1) is 0 Å². The Bertz CT molecular complexity index is 1230. The van der Waals surface area contributed by atoms with Crippen molar-refractivity contribution in [1.82, 2.24) is 20.2 Å². The zero-order valence-electron chi connectivity index (χ0n) is 19.0. The molecule has 2 aliphatic rings. The number of hydrogen-bond donors (Lipinski definition) is 2. The van der Waals surface area contributed by atoms with Crippen LogP contribution in [0.1, 0.15) is 34.0 Å². The van der Waals surface area contributed by atoms with Crippen LogP contribution in [0.15, 0.2) is 42.7 Å². The number of anilines is 1. The van der Waals surface area contributed by atoms with E-state index in [4.69, 9.17) is 9.47 Å². The average Bonchev–Trinajstić information content (AvgIpc) is 3.21. The number of hydrogen-bond acceptors (Lipinski definition) is 7. The smallest absolute Gasteiger partial charge is 0.251 e. The third-order valence-corrected chi connectivity index (χ3v) is 6.28. The van der Waals surface area contributed by atoms with Crippen molar-refractivity contribution < 1.29 is 19.1 Å². The van der Waals surface area contributed by atoms with Crippen LogP contribution >= 0.6 is 0 Å². The Balaban J connectivity index is 1.35. The average molecular weight is 462 g/mol. The van der Waals surface area contributed by atoms with E-state index in [0.29, 0.717) is 29.1 Å². The lowest BCUT2D eigenvalue weighted by atomic mass is 9.93. The quantitative estimate of drug-likeness (QED) is 0.520. The molecule has 5 rings (SSSR count). The highest BCUT2D eigenvalue weighted by Crippen LogP contribution is 2.39. The number of morpholine rings is 1. The van der Waals surface area contributed by atoms with E-state index in [1.54, 1.807) is 25.2 Å². The molecular weight excluding hydrogens is 434 g/mol. The highest BCUT2D eigenvalue weighted by Gasteiger charge is 2.35. The molecule has 2 amide bonds. The summed E-state index contributed by atoms with van der Waals surface area (Å²) in [5.74, 6) is -0.265. The van der Waals surface area contributed by atoms with Crippen LogP contribution in [0, 0.1) is 0 Å². The minimum Gasteiger partial charge on any atom is -0.493 e. The summed E-state index contributed by atoms with van der Waals surface area (Å²) in [5.41, 5.74) is 3.23. The van der Waals surface area contributed by atoms with Gasteiger partial charge in [0.25, 0.3) is 5.91 Å². The Kier molecular flexibility index (Phi) is 6.37. The van der Waals surface area contributed by atoms with E-state index < -0.39 is 5.92 Å². The van der Waals surface area contributed by atoms with E-state index in [1.165, 1.54) is 6.33 Å². The zero-order chi connectivity index (χ0) is 23.5. The van der Waals surface area contributed by atoms with Crippen molar-refractivity contribution in [2.24, 2.45) is 0 Å². The highest BCUT2D eigenvalue weighted by molar-refractivity contribution is 6.08. The van der Waals surface area contributed by atoms with Gasteiger partial charge < -0.3 is 20.1 Å². The largest absolute Gasteiger partial charge is 0.493 e. The highest BCUT2D eigenvalue weighted by atomic mass is 16.5. The molecule has 9 nitrogen and oxygen atoms in total. The van der Waals surface area contributed by atoms with Gasteiger partial charge in [0.1, 0.15) is 18.0 Å². The summed E-state index contributed by atoms with van der Waals surface area (Å²) in [5, 5.41) is 6.30. The molecule has 1 unspecified atom stereocenters. The fourth-order valence-electron chi connectivity index (χ4n) is 4.50. The van der Waals surface area contributed by atoms with E-state index in [-0.39, 0.29) is 11.8 Å². The summed E-state index contributed by atoms with van der Waals surface area (Å²) in [6.45, 7) is 5.13. The van der Waals surface area contributed by atoms with Crippen LogP contribution in [0.4, 0.5) is 5.69 Å². The predicted molar refractivity (Wildman–Crippen MR) is 127 cm³/mol. The van der Waals surface area contributed by atoms with Crippen molar-refractivity contribution in [2.75, 3.05) is 51.8 Å². The van der Waals surface area contributed by atoms with E-state index in [2.05, 4.69) is 25.5 Å². The molecule has 0 spiro atoms. The number of ether oxygens (including phenoxy) is 2. The summed E-state index contributed by atoms with van der Waals surface area (Å²) in [6.07, 6.45) is 2.40. The first-order valence-electron chi connectivity index (χ1n) is 11.5. The van der Waals surface area contributed by atoms with E-state index in [1.807, 2.05) is 18.2 Å². The van der Waals surface area contributed by atoms with Gasteiger partial charge in [-0.3, -0.25) is 14.5 Å². The number of aromatic nitrogens is 2. The maximum absolute atomic E-state index is 12.9. The van der Waals surface area contributed by atoms with Gasteiger partial charge >= 0.3 is 0 Å². The van der Waals surface area contributed by atoms with Crippen molar-refractivity contribution in [2.45, 2.75) is 12.3 Å². The molecule has 1 saturated heterocycles. The molecule has 176 valence electrons. The summed E-state index contributed by atoms with van der Waals surface area (Å²) < 4.78 is 11.3. The number of fused-ring (bicyclic) bond motifs is 2. The van der Waals surface area contributed by atoms with Crippen molar-refractivity contribution in [3.63, 3.8) is 0 Å². The molecular formula is C25H27N5O4. The Labute approximate surface area is 197 Å². The molecule has 3 aromatic rings. The number of rotatable bonds is 7. The van der Waals surface area contributed by atoms with E-state index in [9.17, 15) is 9.59 Å². The lowest BCUT2D eigenvalue weighted by Crippen LogP contribution is -2.37. The van der Waals surface area contributed by atoms with Crippen molar-refractivity contribution in [1.29, 1.82) is 0 Å². The first kappa shape index (κ1) is 22.2. The number of nitrogens with one attached hydrogen (secondary N) is 2. The van der Waals surface area contributed by atoms with Gasteiger partial charge in [0.2, 0.25) is 5.91 Å². The molecule has 0 radical (unpaired) electrons. The van der Waals surface area contributed by atoms with Crippen molar-refractivity contribution in [3.8, 4) is 5.75 Å². The molecule has 1 fully saturated rings. The van der Waals surface area contributed by atoms with Gasteiger partial charge in [0, 0.05) is 49.4 Å². The fraction of sp³-hybridized carbons (Fsp3) is 0.360. The molecule has 1 aromatic heterocycles. The lowest BCUT2D eigenvalue weighted by Gasteiger charge is -2.26. The summed E-state index contributed by atoms with van der Waals surface area (Å²) >= 11 is 0. The second-order valence-electron chi connectivity index (χ2n) is 8.40. The number of benzene rings is 2. The molecule has 0 bridgehead atoms. The second kappa shape index (κ2) is 9.74. The van der Waals surface area contributed by atoms with E-state index in [0.717, 1.165) is 56.0 Å². The maximum Gasteiger partial charge on any atom is 0.251 e. The van der Waals surface area contributed by atoms with Crippen LogP contribution < -0.4 is 15.4 Å². The zero-order valence-corrected chi connectivity index (χ0v) is 19.0. The van der Waals surface area contributed by atoms with Gasteiger partial charge in [-0.25, -0.2) is 9.97 Å². The number of amides is 2. The number of nitrogens with zero attached hydrogens (tertiary/aromatic N) is 3. The number of carbonyl (C=O) groups is 2. The third kappa shape index (κ3) is 4.44. The van der Waals surface area contributed by atoms with Gasteiger partial charge in [-0.2, -0.15) is 0 Å². The molecule has 1 atom stereocenters. The van der Waals surface area contributed by atoms with Gasteiger partial charge in [0.05, 0.1) is 31.0 Å². The fourth-order valence-corrected chi connectivity index (χ4v) is 4.50. The molecule has 2 aromatic carbocycles.